The van der Waals surface area contributed by atoms with Gasteiger partial charge in [0.05, 0.1) is 9.13 Å². The summed E-state index contributed by atoms with van der Waals surface area (Å²) in [5.74, 6) is -0.237. The van der Waals surface area contributed by atoms with Crippen LogP contribution in [0.2, 0.25) is 0 Å². The Labute approximate surface area is 218 Å². The van der Waals surface area contributed by atoms with Crippen molar-refractivity contribution in [2.45, 2.75) is 31.0 Å². The summed E-state index contributed by atoms with van der Waals surface area (Å²) in [5, 5.41) is 0. The first-order valence-electron chi connectivity index (χ1n) is 11.6. The molecule has 1 saturated carbocycles. The molecule has 6 nitrogen and oxygen atoms in total. The molecule has 0 spiro atoms. The number of carbonyl (C=O) groups is 1. The van der Waals surface area contributed by atoms with Gasteiger partial charge in [-0.3, -0.25) is 14.2 Å². The Morgan fingerprint density at radius 1 is 1.03 bits per heavy atom. The summed E-state index contributed by atoms with van der Waals surface area (Å²) in [6.45, 7) is 2.67. The molecule has 1 aliphatic heterocycles. The number of aromatic nitrogens is 2. The van der Waals surface area contributed by atoms with E-state index < -0.39 is 28.9 Å². The number of carbonyl (C=O) groups excluding carboxylic acids is 1. The molecule has 188 valence electrons. The first-order chi connectivity index (χ1) is 17.1. The number of aryl methyl sites for hydroxylation is 1. The molecule has 1 saturated heterocycles. The van der Waals surface area contributed by atoms with Crippen molar-refractivity contribution < 1.29 is 18.0 Å². The summed E-state index contributed by atoms with van der Waals surface area (Å²) < 4.78 is 41.1. The van der Waals surface area contributed by atoms with E-state index in [2.05, 4.69) is 4.90 Å². The van der Waals surface area contributed by atoms with Crippen LogP contribution in [0.25, 0.3) is 0 Å². The van der Waals surface area contributed by atoms with Crippen molar-refractivity contribution in [3.05, 3.63) is 102 Å². The third-order valence-corrected chi connectivity index (χ3v) is 7.95. The van der Waals surface area contributed by atoms with E-state index in [1.165, 1.54) is 10.8 Å². The summed E-state index contributed by atoms with van der Waals surface area (Å²) in [6, 6.07) is 13.7. The van der Waals surface area contributed by atoms with E-state index in [1.54, 1.807) is 42.5 Å². The molecular weight excluding hydrogens is 586 g/mol. The zero-order valence-corrected chi connectivity index (χ0v) is 21.3. The van der Waals surface area contributed by atoms with Crippen LogP contribution in [0.1, 0.15) is 34.3 Å². The van der Waals surface area contributed by atoms with Crippen molar-refractivity contribution in [2.24, 2.45) is 5.92 Å². The fourth-order valence-electron chi connectivity index (χ4n) is 5.28. The van der Waals surface area contributed by atoms with Gasteiger partial charge in [0, 0.05) is 36.8 Å². The van der Waals surface area contributed by atoms with Gasteiger partial charge < -0.3 is 4.90 Å². The molecule has 0 unspecified atom stereocenters. The number of piperidine rings is 1. The second-order valence-electron chi connectivity index (χ2n) is 9.49. The molecule has 36 heavy (non-hydrogen) atoms. The van der Waals surface area contributed by atoms with Crippen LogP contribution < -0.4 is 11.2 Å². The van der Waals surface area contributed by atoms with Crippen molar-refractivity contribution >= 4 is 28.5 Å². The zero-order valence-electron chi connectivity index (χ0n) is 19.2. The van der Waals surface area contributed by atoms with Crippen molar-refractivity contribution in [3.63, 3.8) is 0 Å². The monoisotopic (exact) mass is 609 g/mol. The van der Waals surface area contributed by atoms with Gasteiger partial charge in [-0.1, -0.05) is 30.3 Å². The van der Waals surface area contributed by atoms with Crippen LogP contribution in [0.15, 0.2) is 70.4 Å². The molecule has 0 bridgehead atoms. The lowest BCUT2D eigenvalue weighted by molar-refractivity contribution is -0.137. The van der Waals surface area contributed by atoms with Gasteiger partial charge in [-0.15, -0.1) is 0 Å². The first kappa shape index (κ1) is 24.9. The summed E-state index contributed by atoms with van der Waals surface area (Å²) in [5.41, 5.74) is -0.827. The van der Waals surface area contributed by atoms with Crippen LogP contribution in [0.4, 0.5) is 13.2 Å². The number of rotatable bonds is 6. The number of alkyl halides is 3. The highest BCUT2D eigenvalue weighted by Gasteiger charge is 2.60. The van der Waals surface area contributed by atoms with Gasteiger partial charge in [-0.2, -0.15) is 17.7 Å². The van der Waals surface area contributed by atoms with Crippen molar-refractivity contribution in [1.82, 2.24) is 14.0 Å². The third kappa shape index (κ3) is 4.56. The average molecular weight is 609 g/mol. The van der Waals surface area contributed by atoms with Crippen molar-refractivity contribution in [2.75, 3.05) is 19.6 Å². The topological polar surface area (TPSA) is 64.3 Å². The zero-order chi connectivity index (χ0) is 25.7. The maximum atomic E-state index is 13.0. The number of nitrogens with zero attached hydrogens (tertiary/aromatic N) is 3. The van der Waals surface area contributed by atoms with Gasteiger partial charge in [-0.05, 0) is 77.7 Å². The normalized spacial score (nSPS) is 21.4. The Balaban J connectivity index is 1.25. The Morgan fingerprint density at radius 3 is 2.39 bits per heavy atom. The highest BCUT2D eigenvalue weighted by Crippen LogP contribution is 2.59. The highest BCUT2D eigenvalue weighted by atomic mass is 127. The van der Waals surface area contributed by atoms with Crippen LogP contribution in [-0.4, -0.2) is 39.6 Å². The molecule has 0 amide bonds. The van der Waals surface area contributed by atoms with Crippen LogP contribution in [0, 0.1) is 9.49 Å². The average Bonchev–Trinajstić information content (AvgIpc) is 3.43. The number of halogens is 4. The minimum absolute atomic E-state index is 0.0916. The Hall–Kier alpha value is -2.73. The lowest BCUT2D eigenvalue weighted by Crippen LogP contribution is -2.45. The van der Waals surface area contributed by atoms with E-state index in [1.807, 2.05) is 22.6 Å². The Morgan fingerprint density at radius 2 is 1.72 bits per heavy atom. The van der Waals surface area contributed by atoms with E-state index in [4.69, 9.17) is 0 Å². The highest BCUT2D eigenvalue weighted by molar-refractivity contribution is 14.1. The number of likely N-dealkylation sites (tertiary alicyclic amines) is 1. The lowest BCUT2D eigenvalue weighted by Gasteiger charge is -2.21. The molecule has 10 heteroatoms. The summed E-state index contributed by atoms with van der Waals surface area (Å²) in [7, 11) is 0. The molecule has 3 aromatic rings. The molecular formula is C26H23F3IN3O3. The fraction of sp³-hybridized carbons (Fsp3) is 0.346. The number of benzene rings is 2. The fourth-order valence-corrected chi connectivity index (χ4v) is 5.86. The molecule has 2 heterocycles. The predicted molar refractivity (Wildman–Crippen MR) is 136 cm³/mol. The molecule has 2 aliphatic rings. The number of hydrogen-bond donors (Lipinski definition) is 0. The van der Waals surface area contributed by atoms with E-state index in [9.17, 15) is 27.6 Å². The summed E-state index contributed by atoms with van der Waals surface area (Å²) >= 11 is 1.83. The minimum Gasteiger partial charge on any atom is -0.302 e. The number of fused-ring (bicyclic) bond motifs is 1. The van der Waals surface area contributed by atoms with Gasteiger partial charge in [0.15, 0.2) is 0 Å². The largest absolute Gasteiger partial charge is 0.416 e. The molecule has 2 atom stereocenters. The smallest absolute Gasteiger partial charge is 0.302 e. The third-order valence-electron chi connectivity index (χ3n) is 7.21. The quantitative estimate of drug-likeness (QED) is 0.397. The van der Waals surface area contributed by atoms with Gasteiger partial charge >= 0.3 is 11.9 Å². The minimum atomic E-state index is -4.34. The van der Waals surface area contributed by atoms with Crippen LogP contribution in [0.5, 0.6) is 0 Å². The van der Waals surface area contributed by atoms with Crippen molar-refractivity contribution in [3.8, 4) is 0 Å². The second kappa shape index (κ2) is 9.29. The predicted octanol–water partition coefficient (Wildman–Crippen LogP) is 3.99. The first-order valence-corrected chi connectivity index (χ1v) is 12.7. The maximum absolute atomic E-state index is 13.0. The standard InChI is InChI=1S/C26H23F3IN3O3/c27-26(28,29)19-9-7-18(8-10-19)25-13-20(25)14-31(16-25)11-4-12-32-15-21(30)23(35)33(24(32)36)22(34)17-5-2-1-3-6-17/h1-3,5-10,15,20H,4,11-14,16H2/t20-,25+/m1/s1. The van der Waals surface area contributed by atoms with Gasteiger partial charge in [0.1, 0.15) is 0 Å². The maximum Gasteiger partial charge on any atom is 0.416 e. The Kier molecular flexibility index (Phi) is 6.44. The van der Waals surface area contributed by atoms with E-state index in [-0.39, 0.29) is 14.5 Å². The summed E-state index contributed by atoms with van der Waals surface area (Å²) in [4.78, 5) is 40.7. The van der Waals surface area contributed by atoms with Gasteiger partial charge in [0.2, 0.25) is 0 Å². The van der Waals surface area contributed by atoms with Crippen molar-refractivity contribution in [1.29, 1.82) is 0 Å². The molecule has 0 radical (unpaired) electrons. The van der Waals surface area contributed by atoms with E-state index in [0.717, 1.165) is 37.2 Å². The lowest BCUT2D eigenvalue weighted by atomic mass is 9.94. The van der Waals surface area contributed by atoms with E-state index in [0.29, 0.717) is 30.0 Å². The second-order valence-corrected chi connectivity index (χ2v) is 10.6. The molecule has 0 N–H and O–H groups in total. The SMILES string of the molecule is O=C(c1ccccc1)n1c(=O)c(I)cn(CCCN2C[C@H]3C[C@@]3(c3ccc(C(F)(F)F)cc3)C2)c1=O. The molecule has 1 aliphatic carbocycles. The molecule has 2 aromatic carbocycles. The van der Waals surface area contributed by atoms with Crippen LogP contribution >= 0.6 is 22.6 Å². The molecule has 5 rings (SSSR count). The van der Waals surface area contributed by atoms with Crippen LogP contribution in [0.3, 0.4) is 0 Å². The summed E-state index contributed by atoms with van der Waals surface area (Å²) in [6.07, 6.45) is -1.27. The van der Waals surface area contributed by atoms with E-state index >= 15 is 0 Å². The molecule has 2 fully saturated rings. The molecule has 1 aromatic heterocycles. The Bertz CT molecular complexity index is 1420. The van der Waals surface area contributed by atoms with Crippen LogP contribution in [-0.2, 0) is 18.1 Å². The number of hydrogen-bond acceptors (Lipinski definition) is 4. The van der Waals surface area contributed by atoms with Gasteiger partial charge in [-0.25, -0.2) is 4.79 Å². The van der Waals surface area contributed by atoms with Gasteiger partial charge in [0.25, 0.3) is 11.5 Å².